The molecule has 168 valence electrons. The molecule has 1 atom stereocenters. The fraction of sp³-hybridized carbons (Fsp3) is 0.308. The van der Waals surface area contributed by atoms with Gasteiger partial charge in [-0.15, -0.1) is 0 Å². The van der Waals surface area contributed by atoms with Crippen LogP contribution in [0.3, 0.4) is 0 Å². The average Bonchev–Trinajstić information content (AvgIpc) is 3.27. The summed E-state index contributed by atoms with van der Waals surface area (Å²) in [7, 11) is 0. The Kier molecular flexibility index (Phi) is 6.02. The second kappa shape index (κ2) is 9.40. The van der Waals surface area contributed by atoms with Crippen molar-refractivity contribution in [2.45, 2.75) is 32.8 Å². The second-order valence-electron chi connectivity index (χ2n) is 8.53. The number of pyridine rings is 1. The fourth-order valence-corrected chi connectivity index (χ4v) is 4.54. The van der Waals surface area contributed by atoms with E-state index in [-0.39, 0.29) is 12.5 Å². The standard InChI is InChI=1S/C26H26N4O3/c1-18-24(29-33-28-18)17-32-25-12-3-2-9-22(25)26(31)30-14-6-7-19(16-30)15-20-8-4-11-23-21(20)10-5-13-27-23/h2-5,8-13,19H,6-7,14-17H2,1H3. The first-order valence-corrected chi connectivity index (χ1v) is 11.3. The van der Waals surface area contributed by atoms with Gasteiger partial charge in [-0.3, -0.25) is 9.78 Å². The Bertz CT molecular complexity index is 1260. The van der Waals surface area contributed by atoms with Crippen molar-refractivity contribution in [1.29, 1.82) is 0 Å². The van der Waals surface area contributed by atoms with Gasteiger partial charge in [0.1, 0.15) is 23.7 Å². The number of fused-ring (bicyclic) bond motifs is 1. The maximum atomic E-state index is 13.4. The Hall–Kier alpha value is -3.74. The van der Waals surface area contributed by atoms with Gasteiger partial charge in [0, 0.05) is 24.7 Å². The highest BCUT2D eigenvalue weighted by Gasteiger charge is 2.27. The van der Waals surface area contributed by atoms with E-state index in [1.807, 2.05) is 54.4 Å². The van der Waals surface area contributed by atoms with Crippen LogP contribution in [0.25, 0.3) is 10.9 Å². The van der Waals surface area contributed by atoms with Gasteiger partial charge in [-0.1, -0.05) is 40.6 Å². The molecule has 7 heteroatoms. The Morgan fingerprint density at radius 3 is 2.91 bits per heavy atom. The number of likely N-dealkylation sites (tertiary alicyclic amines) is 1. The third kappa shape index (κ3) is 4.58. The Morgan fingerprint density at radius 1 is 1.12 bits per heavy atom. The molecular formula is C26H26N4O3. The molecule has 1 saturated heterocycles. The van der Waals surface area contributed by atoms with Crippen molar-refractivity contribution in [3.8, 4) is 5.75 Å². The van der Waals surface area contributed by atoms with Gasteiger partial charge in [0.05, 0.1) is 11.1 Å². The first kappa shape index (κ1) is 21.1. The van der Waals surface area contributed by atoms with Gasteiger partial charge < -0.3 is 9.64 Å². The highest BCUT2D eigenvalue weighted by Crippen LogP contribution is 2.28. The largest absolute Gasteiger partial charge is 0.486 e. The van der Waals surface area contributed by atoms with Crippen LogP contribution in [0, 0.1) is 12.8 Å². The third-order valence-electron chi connectivity index (χ3n) is 6.28. The molecule has 0 aliphatic carbocycles. The number of para-hydroxylation sites is 1. The summed E-state index contributed by atoms with van der Waals surface area (Å²) in [6, 6.07) is 17.8. The summed E-state index contributed by atoms with van der Waals surface area (Å²) in [6.07, 6.45) is 4.86. The van der Waals surface area contributed by atoms with Crippen LogP contribution in [-0.2, 0) is 13.0 Å². The predicted molar refractivity (Wildman–Crippen MR) is 124 cm³/mol. The number of aromatic nitrogens is 3. The molecule has 2 aromatic carbocycles. The van der Waals surface area contributed by atoms with Gasteiger partial charge in [0.15, 0.2) is 0 Å². The van der Waals surface area contributed by atoms with Gasteiger partial charge in [-0.05, 0) is 61.9 Å². The van der Waals surface area contributed by atoms with E-state index in [1.54, 1.807) is 0 Å². The van der Waals surface area contributed by atoms with E-state index in [0.29, 0.717) is 28.6 Å². The van der Waals surface area contributed by atoms with Crippen molar-refractivity contribution < 1.29 is 14.2 Å². The van der Waals surface area contributed by atoms with Crippen molar-refractivity contribution in [2.24, 2.45) is 5.92 Å². The first-order valence-electron chi connectivity index (χ1n) is 11.3. The minimum atomic E-state index is 0.00452. The number of benzene rings is 2. The molecule has 33 heavy (non-hydrogen) atoms. The molecule has 0 spiro atoms. The lowest BCUT2D eigenvalue weighted by Gasteiger charge is -2.33. The second-order valence-corrected chi connectivity index (χ2v) is 8.53. The van der Waals surface area contributed by atoms with Crippen LogP contribution in [0.1, 0.15) is 40.2 Å². The summed E-state index contributed by atoms with van der Waals surface area (Å²) in [5.74, 6) is 0.961. The molecule has 1 unspecified atom stereocenters. The molecule has 1 amide bonds. The number of piperidine rings is 1. The molecule has 7 nitrogen and oxygen atoms in total. The normalized spacial score (nSPS) is 16.2. The monoisotopic (exact) mass is 442 g/mol. The highest BCUT2D eigenvalue weighted by atomic mass is 16.6. The molecule has 0 radical (unpaired) electrons. The van der Waals surface area contributed by atoms with Gasteiger partial charge in [-0.2, -0.15) is 0 Å². The number of carbonyl (C=O) groups excluding carboxylic acids is 1. The van der Waals surface area contributed by atoms with Crippen LogP contribution >= 0.6 is 0 Å². The van der Waals surface area contributed by atoms with Crippen LogP contribution < -0.4 is 4.74 Å². The predicted octanol–water partition coefficient (Wildman–Crippen LogP) is 4.60. The number of ether oxygens (including phenoxy) is 1. The molecule has 1 aliphatic rings. The molecule has 4 aromatic rings. The fourth-order valence-electron chi connectivity index (χ4n) is 4.54. The summed E-state index contributed by atoms with van der Waals surface area (Å²) in [4.78, 5) is 19.9. The zero-order valence-electron chi connectivity index (χ0n) is 18.6. The van der Waals surface area contributed by atoms with Crippen molar-refractivity contribution in [1.82, 2.24) is 20.2 Å². The Balaban J connectivity index is 1.30. The number of hydrogen-bond donors (Lipinski definition) is 0. The number of amides is 1. The number of carbonyl (C=O) groups is 1. The quantitative estimate of drug-likeness (QED) is 0.434. The van der Waals surface area contributed by atoms with E-state index in [9.17, 15) is 4.79 Å². The zero-order valence-corrected chi connectivity index (χ0v) is 18.6. The number of rotatable bonds is 6. The van der Waals surface area contributed by atoms with E-state index < -0.39 is 0 Å². The minimum Gasteiger partial charge on any atom is -0.486 e. The van der Waals surface area contributed by atoms with Gasteiger partial charge in [0.25, 0.3) is 5.91 Å². The van der Waals surface area contributed by atoms with Gasteiger partial charge in [0.2, 0.25) is 0 Å². The number of hydrogen-bond acceptors (Lipinski definition) is 6. The number of nitrogens with zero attached hydrogens (tertiary/aromatic N) is 4. The van der Waals surface area contributed by atoms with Crippen LogP contribution in [0.5, 0.6) is 5.75 Å². The first-order chi connectivity index (χ1) is 16.2. The van der Waals surface area contributed by atoms with Crippen LogP contribution in [0.4, 0.5) is 0 Å². The van der Waals surface area contributed by atoms with Crippen molar-refractivity contribution in [2.75, 3.05) is 13.1 Å². The highest BCUT2D eigenvalue weighted by molar-refractivity contribution is 5.97. The molecule has 3 heterocycles. The van der Waals surface area contributed by atoms with Gasteiger partial charge >= 0.3 is 0 Å². The van der Waals surface area contributed by atoms with E-state index in [4.69, 9.17) is 9.37 Å². The number of aryl methyl sites for hydroxylation is 1. The van der Waals surface area contributed by atoms with Crippen molar-refractivity contribution in [3.63, 3.8) is 0 Å². The van der Waals surface area contributed by atoms with E-state index in [1.165, 1.54) is 10.9 Å². The summed E-state index contributed by atoms with van der Waals surface area (Å²) in [6.45, 7) is 3.51. The topological polar surface area (TPSA) is 81.3 Å². The minimum absolute atomic E-state index is 0.00452. The molecule has 0 bridgehead atoms. The SMILES string of the molecule is Cc1nonc1COc1ccccc1C(=O)N1CCCC(Cc2cccc3ncccc23)C1. The van der Waals surface area contributed by atoms with Crippen LogP contribution in [0.2, 0.25) is 0 Å². The third-order valence-corrected chi connectivity index (χ3v) is 6.28. The lowest BCUT2D eigenvalue weighted by atomic mass is 9.89. The smallest absolute Gasteiger partial charge is 0.257 e. The molecular weight excluding hydrogens is 416 g/mol. The van der Waals surface area contributed by atoms with Crippen molar-refractivity contribution in [3.05, 3.63) is 83.3 Å². The molecule has 5 rings (SSSR count). The van der Waals surface area contributed by atoms with E-state index in [0.717, 1.165) is 37.9 Å². The lowest BCUT2D eigenvalue weighted by molar-refractivity contribution is 0.0668. The lowest BCUT2D eigenvalue weighted by Crippen LogP contribution is -2.40. The van der Waals surface area contributed by atoms with E-state index >= 15 is 0 Å². The van der Waals surface area contributed by atoms with Crippen LogP contribution in [0.15, 0.2) is 65.4 Å². The summed E-state index contributed by atoms with van der Waals surface area (Å²) >= 11 is 0. The zero-order chi connectivity index (χ0) is 22.6. The molecule has 1 fully saturated rings. The molecule has 0 N–H and O–H groups in total. The molecule has 0 saturated carbocycles. The van der Waals surface area contributed by atoms with E-state index in [2.05, 4.69) is 33.5 Å². The van der Waals surface area contributed by atoms with Crippen molar-refractivity contribution >= 4 is 16.8 Å². The Labute approximate surface area is 192 Å². The maximum absolute atomic E-state index is 13.4. The van der Waals surface area contributed by atoms with Gasteiger partial charge in [-0.25, -0.2) is 4.63 Å². The summed E-state index contributed by atoms with van der Waals surface area (Å²) in [5.41, 5.74) is 4.19. The molecule has 1 aliphatic heterocycles. The summed E-state index contributed by atoms with van der Waals surface area (Å²) < 4.78 is 10.7. The maximum Gasteiger partial charge on any atom is 0.257 e. The summed E-state index contributed by atoms with van der Waals surface area (Å²) in [5, 5.41) is 8.83. The Morgan fingerprint density at radius 2 is 2.03 bits per heavy atom. The molecule has 2 aromatic heterocycles. The van der Waals surface area contributed by atoms with Crippen LogP contribution in [-0.4, -0.2) is 39.2 Å². The average molecular weight is 443 g/mol.